The van der Waals surface area contributed by atoms with Crippen molar-refractivity contribution in [3.63, 3.8) is 0 Å². The summed E-state index contributed by atoms with van der Waals surface area (Å²) >= 11 is 0. The summed E-state index contributed by atoms with van der Waals surface area (Å²) in [5.41, 5.74) is 7.09. The lowest BCUT2D eigenvalue weighted by Crippen LogP contribution is -2.22. The molecule has 0 spiro atoms. The van der Waals surface area contributed by atoms with E-state index in [0.29, 0.717) is 12.1 Å². The van der Waals surface area contributed by atoms with Crippen molar-refractivity contribution in [2.24, 2.45) is 5.73 Å². The minimum absolute atomic E-state index is 0.440. The maximum atomic E-state index is 5.97. The van der Waals surface area contributed by atoms with Crippen molar-refractivity contribution in [1.82, 2.24) is 9.55 Å². The number of aryl methyl sites for hydroxylation is 1. The smallest absolute Gasteiger partial charge is 0.0951 e. The molecule has 0 atom stereocenters. The average molecular weight is 207 g/mol. The summed E-state index contributed by atoms with van der Waals surface area (Å²) in [6, 6.07) is 1.09. The van der Waals surface area contributed by atoms with Crippen LogP contribution < -0.4 is 5.73 Å². The molecule has 1 fully saturated rings. The van der Waals surface area contributed by atoms with Gasteiger partial charge in [-0.25, -0.2) is 4.98 Å². The fourth-order valence-corrected chi connectivity index (χ4v) is 2.46. The zero-order valence-corrected chi connectivity index (χ0v) is 9.52. The third-order valence-corrected chi connectivity index (χ3v) is 3.38. The highest BCUT2D eigenvalue weighted by molar-refractivity contribution is 4.94. The van der Waals surface area contributed by atoms with E-state index in [0.717, 1.165) is 5.69 Å². The van der Waals surface area contributed by atoms with Gasteiger partial charge >= 0.3 is 0 Å². The van der Waals surface area contributed by atoms with Crippen molar-refractivity contribution >= 4 is 0 Å². The topological polar surface area (TPSA) is 43.8 Å². The molecule has 84 valence electrons. The van der Waals surface area contributed by atoms with E-state index in [-0.39, 0.29) is 0 Å². The van der Waals surface area contributed by atoms with Gasteiger partial charge in [0.1, 0.15) is 0 Å². The van der Waals surface area contributed by atoms with Gasteiger partial charge in [-0.3, -0.25) is 0 Å². The Bertz CT molecular complexity index is 296. The van der Waals surface area contributed by atoms with E-state index in [1.165, 1.54) is 38.5 Å². The van der Waals surface area contributed by atoms with Gasteiger partial charge in [-0.05, 0) is 45.4 Å². The number of nitrogens with two attached hydrogens (primary N) is 1. The molecule has 0 aliphatic heterocycles. The van der Waals surface area contributed by atoms with E-state index >= 15 is 0 Å². The first-order chi connectivity index (χ1) is 7.25. The lowest BCUT2D eigenvalue weighted by Gasteiger charge is -2.23. The van der Waals surface area contributed by atoms with Gasteiger partial charge in [-0.15, -0.1) is 0 Å². The summed E-state index contributed by atoms with van der Waals surface area (Å²) in [6.45, 7) is 2.05. The van der Waals surface area contributed by atoms with E-state index in [1.54, 1.807) is 0 Å². The normalized spacial score (nSPS) is 28.4. The van der Waals surface area contributed by atoms with Crippen molar-refractivity contribution < 1.29 is 0 Å². The Labute approximate surface area is 91.7 Å². The van der Waals surface area contributed by atoms with Crippen LogP contribution in [0.15, 0.2) is 12.5 Å². The monoisotopic (exact) mass is 207 g/mol. The van der Waals surface area contributed by atoms with Crippen LogP contribution in [0.4, 0.5) is 0 Å². The maximum Gasteiger partial charge on any atom is 0.0951 e. The second-order valence-electron chi connectivity index (χ2n) is 4.74. The van der Waals surface area contributed by atoms with Gasteiger partial charge < -0.3 is 10.3 Å². The van der Waals surface area contributed by atoms with Crippen LogP contribution >= 0.6 is 0 Å². The molecule has 0 saturated heterocycles. The van der Waals surface area contributed by atoms with Crippen LogP contribution in [0.2, 0.25) is 0 Å². The highest BCUT2D eigenvalue weighted by atomic mass is 15.1. The SMILES string of the molecule is Cc1cn(C2CCCC(N)CCC2)cn1. The van der Waals surface area contributed by atoms with Gasteiger partial charge in [0.05, 0.1) is 12.0 Å². The molecule has 1 aromatic rings. The fourth-order valence-electron chi connectivity index (χ4n) is 2.46. The minimum atomic E-state index is 0.440. The molecule has 0 unspecified atom stereocenters. The van der Waals surface area contributed by atoms with Crippen LogP contribution in [-0.2, 0) is 0 Å². The number of imidazole rings is 1. The second kappa shape index (κ2) is 4.79. The fraction of sp³-hybridized carbons (Fsp3) is 0.750. The zero-order chi connectivity index (χ0) is 10.7. The molecule has 1 aromatic heterocycles. The standard InChI is InChI=1S/C12H21N3/c1-10-8-15(9-14-10)12-6-2-4-11(13)5-3-7-12/h8-9,11-12H,2-7,13H2,1H3. The first kappa shape index (κ1) is 10.7. The quantitative estimate of drug-likeness (QED) is 0.768. The van der Waals surface area contributed by atoms with E-state index in [2.05, 4.69) is 22.7 Å². The van der Waals surface area contributed by atoms with Crippen molar-refractivity contribution in [3.05, 3.63) is 18.2 Å². The van der Waals surface area contributed by atoms with Crippen molar-refractivity contribution in [2.75, 3.05) is 0 Å². The molecule has 3 nitrogen and oxygen atoms in total. The number of hydrogen-bond donors (Lipinski definition) is 1. The average Bonchev–Trinajstić information content (AvgIpc) is 2.58. The summed E-state index contributed by atoms with van der Waals surface area (Å²) < 4.78 is 2.28. The molecule has 2 N–H and O–H groups in total. The van der Waals surface area contributed by atoms with Gasteiger partial charge in [0.15, 0.2) is 0 Å². The van der Waals surface area contributed by atoms with Crippen molar-refractivity contribution in [1.29, 1.82) is 0 Å². The molecule has 0 radical (unpaired) electrons. The van der Waals surface area contributed by atoms with E-state index in [9.17, 15) is 0 Å². The van der Waals surface area contributed by atoms with Crippen molar-refractivity contribution in [2.45, 2.75) is 57.5 Å². The minimum Gasteiger partial charge on any atom is -0.334 e. The molecule has 0 bridgehead atoms. The third kappa shape index (κ3) is 2.81. The summed E-state index contributed by atoms with van der Waals surface area (Å²) in [7, 11) is 0. The highest BCUT2D eigenvalue weighted by Crippen LogP contribution is 2.25. The van der Waals surface area contributed by atoms with Crippen molar-refractivity contribution in [3.8, 4) is 0 Å². The first-order valence-corrected chi connectivity index (χ1v) is 6.01. The van der Waals surface area contributed by atoms with Crippen LogP contribution in [0.25, 0.3) is 0 Å². The first-order valence-electron chi connectivity index (χ1n) is 6.01. The summed E-state index contributed by atoms with van der Waals surface area (Å²) in [5.74, 6) is 0. The molecular formula is C12H21N3. The van der Waals surface area contributed by atoms with E-state index < -0.39 is 0 Å². The van der Waals surface area contributed by atoms with Crippen LogP contribution in [-0.4, -0.2) is 15.6 Å². The van der Waals surface area contributed by atoms with Crippen LogP contribution in [0.1, 0.15) is 50.3 Å². The molecule has 1 saturated carbocycles. The van der Waals surface area contributed by atoms with Gasteiger partial charge in [-0.1, -0.05) is 0 Å². The third-order valence-electron chi connectivity index (χ3n) is 3.38. The van der Waals surface area contributed by atoms with E-state index in [4.69, 9.17) is 5.73 Å². The number of hydrogen-bond acceptors (Lipinski definition) is 2. The number of nitrogens with zero attached hydrogens (tertiary/aromatic N) is 2. The Kier molecular flexibility index (Phi) is 3.41. The molecule has 1 heterocycles. The zero-order valence-electron chi connectivity index (χ0n) is 9.52. The lowest BCUT2D eigenvalue weighted by atomic mass is 9.94. The van der Waals surface area contributed by atoms with Gasteiger partial charge in [0, 0.05) is 18.3 Å². The second-order valence-corrected chi connectivity index (χ2v) is 4.74. The molecule has 0 aromatic carbocycles. The number of aromatic nitrogens is 2. The van der Waals surface area contributed by atoms with Gasteiger partial charge in [-0.2, -0.15) is 0 Å². The van der Waals surface area contributed by atoms with Crippen LogP contribution in [0.5, 0.6) is 0 Å². The Hall–Kier alpha value is -0.830. The molecule has 0 amide bonds. The molecule has 1 aliphatic rings. The maximum absolute atomic E-state index is 5.97. The van der Waals surface area contributed by atoms with Crippen LogP contribution in [0, 0.1) is 6.92 Å². The largest absolute Gasteiger partial charge is 0.334 e. The molecule has 2 rings (SSSR count). The Morgan fingerprint density at radius 3 is 2.47 bits per heavy atom. The predicted molar refractivity (Wildman–Crippen MR) is 61.7 cm³/mol. The lowest BCUT2D eigenvalue weighted by molar-refractivity contribution is 0.353. The van der Waals surface area contributed by atoms with E-state index in [1.807, 2.05) is 6.33 Å². The molecule has 3 heteroatoms. The predicted octanol–water partition coefficient (Wildman–Crippen LogP) is 2.41. The van der Waals surface area contributed by atoms with Crippen LogP contribution in [0.3, 0.4) is 0 Å². The van der Waals surface area contributed by atoms with Gasteiger partial charge in [0.25, 0.3) is 0 Å². The van der Waals surface area contributed by atoms with Gasteiger partial charge in [0.2, 0.25) is 0 Å². The summed E-state index contributed by atoms with van der Waals surface area (Å²) in [4.78, 5) is 4.30. The Balaban J connectivity index is 1.97. The summed E-state index contributed by atoms with van der Waals surface area (Å²) in [5, 5.41) is 0. The highest BCUT2D eigenvalue weighted by Gasteiger charge is 2.15. The Morgan fingerprint density at radius 2 is 1.93 bits per heavy atom. The molecule has 1 aliphatic carbocycles. The molecular weight excluding hydrogens is 186 g/mol. The Morgan fingerprint density at radius 1 is 1.27 bits per heavy atom. The summed E-state index contributed by atoms with van der Waals surface area (Å²) in [6.07, 6.45) is 11.5. The molecule has 15 heavy (non-hydrogen) atoms. The number of rotatable bonds is 1.